The van der Waals surface area contributed by atoms with Crippen molar-refractivity contribution in [3.63, 3.8) is 0 Å². The van der Waals surface area contributed by atoms with Crippen molar-refractivity contribution in [1.82, 2.24) is 4.90 Å². The normalized spacial score (nSPS) is 15.1. The number of nitrogens with zero attached hydrogens (tertiary/aromatic N) is 2. The molecule has 2 aromatic carbocycles. The van der Waals surface area contributed by atoms with Gasteiger partial charge in [0.05, 0.1) is 6.07 Å². The second kappa shape index (κ2) is 5.55. The molecule has 3 rings (SSSR count). The van der Waals surface area contributed by atoms with Gasteiger partial charge in [-0.2, -0.15) is 5.26 Å². The van der Waals surface area contributed by atoms with E-state index in [2.05, 4.69) is 49.3 Å². The molecule has 1 heterocycles. The summed E-state index contributed by atoms with van der Waals surface area (Å²) in [5.41, 5.74) is 1.76. The lowest BCUT2D eigenvalue weighted by molar-refractivity contribution is 0.368. The fraction of sp³-hybridized carbons (Fsp3) is 0.278. The van der Waals surface area contributed by atoms with E-state index in [0.29, 0.717) is 0 Å². The van der Waals surface area contributed by atoms with E-state index < -0.39 is 5.41 Å². The Hall–Kier alpha value is -1.76. The van der Waals surface area contributed by atoms with Gasteiger partial charge >= 0.3 is 0 Å². The standard InChI is InChI=1S/C18H18N2S/c1-20(2)12-11-18(13-19)14-7-3-5-9-16(14)21-17-10-6-4-8-15(17)18/h3-10H,11-12H2,1-2H3. The lowest BCUT2D eigenvalue weighted by atomic mass is 9.72. The van der Waals surface area contributed by atoms with Crippen LogP contribution in [0.4, 0.5) is 0 Å². The van der Waals surface area contributed by atoms with Crippen LogP contribution in [0.3, 0.4) is 0 Å². The summed E-state index contributed by atoms with van der Waals surface area (Å²) in [6, 6.07) is 19.3. The van der Waals surface area contributed by atoms with E-state index in [0.717, 1.165) is 24.1 Å². The minimum Gasteiger partial charge on any atom is -0.309 e. The van der Waals surface area contributed by atoms with Crippen molar-refractivity contribution in [2.24, 2.45) is 0 Å². The van der Waals surface area contributed by atoms with E-state index >= 15 is 0 Å². The van der Waals surface area contributed by atoms with Crippen LogP contribution in [0.2, 0.25) is 0 Å². The molecule has 106 valence electrons. The number of rotatable bonds is 3. The zero-order valence-corrected chi connectivity index (χ0v) is 13.2. The summed E-state index contributed by atoms with van der Waals surface area (Å²) in [6.07, 6.45) is 0.811. The molecule has 0 N–H and O–H groups in total. The Labute approximate surface area is 130 Å². The molecule has 21 heavy (non-hydrogen) atoms. The molecule has 0 saturated carbocycles. The lowest BCUT2D eigenvalue weighted by Gasteiger charge is -2.35. The summed E-state index contributed by atoms with van der Waals surface area (Å²) in [5.74, 6) is 0. The van der Waals surface area contributed by atoms with Crippen LogP contribution in [0.15, 0.2) is 58.3 Å². The Morgan fingerprint density at radius 2 is 1.52 bits per heavy atom. The Morgan fingerprint density at radius 3 is 2.00 bits per heavy atom. The van der Waals surface area contributed by atoms with Gasteiger partial charge in [-0.1, -0.05) is 48.2 Å². The minimum absolute atomic E-state index is 0.539. The summed E-state index contributed by atoms with van der Waals surface area (Å²) in [4.78, 5) is 4.56. The number of hydrogen-bond donors (Lipinski definition) is 0. The molecule has 1 aliphatic rings. The van der Waals surface area contributed by atoms with Crippen molar-refractivity contribution in [2.75, 3.05) is 20.6 Å². The molecule has 0 unspecified atom stereocenters. The summed E-state index contributed by atoms with van der Waals surface area (Å²) >= 11 is 1.77. The maximum Gasteiger partial charge on any atom is 0.110 e. The summed E-state index contributed by atoms with van der Waals surface area (Å²) in [7, 11) is 4.11. The minimum atomic E-state index is -0.539. The zero-order valence-electron chi connectivity index (χ0n) is 12.3. The molecule has 0 bridgehead atoms. The maximum atomic E-state index is 10.1. The van der Waals surface area contributed by atoms with Crippen molar-refractivity contribution >= 4 is 11.8 Å². The van der Waals surface area contributed by atoms with Crippen LogP contribution in [0.25, 0.3) is 0 Å². The maximum absolute atomic E-state index is 10.1. The monoisotopic (exact) mass is 294 g/mol. The van der Waals surface area contributed by atoms with Gasteiger partial charge in [-0.15, -0.1) is 0 Å². The van der Waals surface area contributed by atoms with E-state index in [9.17, 15) is 5.26 Å². The highest BCUT2D eigenvalue weighted by molar-refractivity contribution is 7.99. The Bertz CT molecular complexity index is 655. The SMILES string of the molecule is CN(C)CCC1(C#N)c2ccccc2Sc2ccccc21. The molecule has 1 aliphatic heterocycles. The highest BCUT2D eigenvalue weighted by atomic mass is 32.2. The van der Waals surface area contributed by atoms with Gasteiger partial charge in [0.25, 0.3) is 0 Å². The topological polar surface area (TPSA) is 27.0 Å². The van der Waals surface area contributed by atoms with Crippen LogP contribution in [0.5, 0.6) is 0 Å². The second-order valence-electron chi connectivity index (χ2n) is 5.66. The Morgan fingerprint density at radius 1 is 1.00 bits per heavy atom. The zero-order chi connectivity index (χ0) is 14.9. The van der Waals surface area contributed by atoms with E-state index in [-0.39, 0.29) is 0 Å². The van der Waals surface area contributed by atoms with Crippen LogP contribution in [0, 0.1) is 11.3 Å². The molecule has 0 fully saturated rings. The number of hydrogen-bond acceptors (Lipinski definition) is 3. The van der Waals surface area contributed by atoms with E-state index in [1.54, 1.807) is 11.8 Å². The second-order valence-corrected chi connectivity index (χ2v) is 6.75. The van der Waals surface area contributed by atoms with Gasteiger partial charge in [0.1, 0.15) is 5.41 Å². The predicted molar refractivity (Wildman–Crippen MR) is 86.6 cm³/mol. The van der Waals surface area contributed by atoms with E-state index in [4.69, 9.17) is 0 Å². The molecule has 2 nitrogen and oxygen atoms in total. The molecule has 0 amide bonds. The molecule has 2 aromatic rings. The summed E-state index contributed by atoms with van der Waals surface area (Å²) < 4.78 is 0. The van der Waals surface area contributed by atoms with E-state index in [1.165, 1.54) is 9.79 Å². The van der Waals surface area contributed by atoms with Crippen molar-refractivity contribution in [3.05, 3.63) is 59.7 Å². The Kier molecular flexibility index (Phi) is 3.75. The van der Waals surface area contributed by atoms with Crippen LogP contribution in [0.1, 0.15) is 17.5 Å². The van der Waals surface area contributed by atoms with Crippen molar-refractivity contribution in [3.8, 4) is 6.07 Å². The molecule has 3 heteroatoms. The third-order valence-corrected chi connectivity index (χ3v) is 5.19. The first kappa shape index (κ1) is 14.2. The first-order valence-corrected chi connectivity index (χ1v) is 7.92. The van der Waals surface area contributed by atoms with Gasteiger partial charge < -0.3 is 4.90 Å². The molecule has 0 aromatic heterocycles. The third kappa shape index (κ3) is 2.35. The van der Waals surface area contributed by atoms with Crippen LogP contribution < -0.4 is 0 Å². The van der Waals surface area contributed by atoms with Crippen LogP contribution in [-0.2, 0) is 5.41 Å². The first-order valence-electron chi connectivity index (χ1n) is 7.10. The van der Waals surface area contributed by atoms with Gasteiger partial charge in [0.15, 0.2) is 0 Å². The largest absolute Gasteiger partial charge is 0.309 e. The smallest absolute Gasteiger partial charge is 0.110 e. The average molecular weight is 294 g/mol. The molecular formula is C18H18N2S. The lowest BCUT2D eigenvalue weighted by Crippen LogP contribution is -2.33. The number of fused-ring (bicyclic) bond motifs is 2. The van der Waals surface area contributed by atoms with Gasteiger partial charge in [-0.25, -0.2) is 0 Å². The van der Waals surface area contributed by atoms with Crippen molar-refractivity contribution in [2.45, 2.75) is 21.6 Å². The molecule has 0 spiro atoms. The van der Waals surface area contributed by atoms with Crippen molar-refractivity contribution < 1.29 is 0 Å². The van der Waals surface area contributed by atoms with Gasteiger partial charge in [0.2, 0.25) is 0 Å². The van der Waals surface area contributed by atoms with Gasteiger partial charge in [-0.3, -0.25) is 0 Å². The third-order valence-electron chi connectivity index (χ3n) is 4.04. The molecule has 0 radical (unpaired) electrons. The predicted octanol–water partition coefficient (Wildman–Crippen LogP) is 3.91. The summed E-state index contributed by atoms with van der Waals surface area (Å²) in [6.45, 7) is 0.890. The number of benzene rings is 2. The van der Waals surface area contributed by atoms with Crippen molar-refractivity contribution in [1.29, 1.82) is 5.26 Å². The molecular weight excluding hydrogens is 276 g/mol. The fourth-order valence-corrected chi connectivity index (χ4v) is 4.15. The summed E-state index contributed by atoms with van der Waals surface area (Å²) in [5, 5.41) is 10.1. The van der Waals surface area contributed by atoms with Crippen LogP contribution in [-0.4, -0.2) is 25.5 Å². The van der Waals surface area contributed by atoms with Crippen LogP contribution >= 0.6 is 11.8 Å². The number of nitriles is 1. The van der Waals surface area contributed by atoms with E-state index in [1.807, 2.05) is 24.3 Å². The molecule has 0 saturated heterocycles. The average Bonchev–Trinajstić information content (AvgIpc) is 2.51. The van der Waals surface area contributed by atoms with Gasteiger partial charge in [-0.05, 0) is 50.3 Å². The Balaban J connectivity index is 2.19. The fourth-order valence-electron chi connectivity index (χ4n) is 2.92. The molecule has 0 aliphatic carbocycles. The first-order chi connectivity index (χ1) is 10.2. The molecule has 0 atom stereocenters. The quantitative estimate of drug-likeness (QED) is 0.858. The highest BCUT2D eigenvalue weighted by Gasteiger charge is 2.41. The van der Waals surface area contributed by atoms with Gasteiger partial charge in [0, 0.05) is 9.79 Å². The highest BCUT2D eigenvalue weighted by Crippen LogP contribution is 2.50.